The molecule has 0 fully saturated rings. The van der Waals surface area contributed by atoms with Crippen LogP contribution in [-0.2, 0) is 4.74 Å². The Bertz CT molecular complexity index is 1150. The predicted molar refractivity (Wildman–Crippen MR) is 108 cm³/mol. The first-order valence-electron chi connectivity index (χ1n) is 9.29. The molecule has 0 N–H and O–H groups in total. The number of ketones is 1. The molecular weight excluding hydrogens is 382 g/mol. The molecule has 1 aliphatic rings. The van der Waals surface area contributed by atoms with Crippen LogP contribution < -0.4 is 0 Å². The maximum Gasteiger partial charge on any atom is 0.339 e. The van der Waals surface area contributed by atoms with Crippen LogP contribution in [0.1, 0.15) is 53.1 Å². The summed E-state index contributed by atoms with van der Waals surface area (Å²) < 4.78 is 5.59. The number of hydrogen-bond acceptors (Lipinski definition) is 5. The number of amides is 2. The van der Waals surface area contributed by atoms with Gasteiger partial charge in [-0.05, 0) is 18.2 Å². The molecule has 2 amide bonds. The summed E-state index contributed by atoms with van der Waals surface area (Å²) in [6, 6.07) is 21.5. The summed E-state index contributed by atoms with van der Waals surface area (Å²) in [7, 11) is 1.38. The SMILES string of the molecule is CN1C(=O)c2ccc(C(=O)OC(C(=O)c3ccccc3)c3ccccc3)cc2C1=O. The molecule has 0 saturated carbocycles. The van der Waals surface area contributed by atoms with Gasteiger partial charge in [0.05, 0.1) is 16.7 Å². The van der Waals surface area contributed by atoms with Gasteiger partial charge in [-0.1, -0.05) is 60.7 Å². The van der Waals surface area contributed by atoms with Crippen LogP contribution in [0.15, 0.2) is 78.9 Å². The predicted octanol–water partition coefficient (Wildman–Crippen LogP) is 3.69. The van der Waals surface area contributed by atoms with Gasteiger partial charge in [-0.25, -0.2) is 4.79 Å². The highest BCUT2D eigenvalue weighted by atomic mass is 16.5. The Labute approximate surface area is 172 Å². The summed E-state index contributed by atoms with van der Waals surface area (Å²) in [6.07, 6.45) is -1.14. The van der Waals surface area contributed by atoms with E-state index < -0.39 is 23.9 Å². The number of benzene rings is 3. The van der Waals surface area contributed by atoms with Crippen LogP contribution in [0.4, 0.5) is 0 Å². The average molecular weight is 399 g/mol. The summed E-state index contributed by atoms with van der Waals surface area (Å²) >= 11 is 0. The van der Waals surface area contributed by atoms with Gasteiger partial charge in [-0.15, -0.1) is 0 Å². The van der Waals surface area contributed by atoms with E-state index in [1.807, 2.05) is 0 Å². The minimum Gasteiger partial charge on any atom is -0.445 e. The monoisotopic (exact) mass is 399 g/mol. The molecule has 4 rings (SSSR count). The zero-order valence-corrected chi connectivity index (χ0v) is 16.1. The van der Waals surface area contributed by atoms with Crippen molar-refractivity contribution in [1.82, 2.24) is 4.90 Å². The van der Waals surface area contributed by atoms with E-state index in [-0.39, 0.29) is 22.5 Å². The van der Waals surface area contributed by atoms with Crippen LogP contribution in [-0.4, -0.2) is 35.5 Å². The third kappa shape index (κ3) is 3.39. The lowest BCUT2D eigenvalue weighted by atomic mass is 9.99. The second-order valence-electron chi connectivity index (χ2n) is 6.86. The Kier molecular flexibility index (Phi) is 4.98. The Balaban J connectivity index is 1.66. The van der Waals surface area contributed by atoms with Crippen molar-refractivity contribution >= 4 is 23.6 Å². The maximum absolute atomic E-state index is 13.1. The Morgan fingerprint density at radius 1 is 0.767 bits per heavy atom. The van der Waals surface area contributed by atoms with Crippen molar-refractivity contribution in [3.63, 3.8) is 0 Å². The highest BCUT2D eigenvalue weighted by molar-refractivity contribution is 6.21. The molecule has 0 aromatic heterocycles. The third-order valence-corrected chi connectivity index (χ3v) is 4.95. The fourth-order valence-corrected chi connectivity index (χ4v) is 3.32. The quantitative estimate of drug-likeness (QED) is 0.371. The van der Waals surface area contributed by atoms with Gasteiger partial charge in [0.2, 0.25) is 5.78 Å². The van der Waals surface area contributed by atoms with Gasteiger partial charge >= 0.3 is 5.97 Å². The van der Waals surface area contributed by atoms with Crippen molar-refractivity contribution in [3.8, 4) is 0 Å². The molecule has 1 atom stereocenters. The van der Waals surface area contributed by atoms with Crippen LogP contribution in [0.3, 0.4) is 0 Å². The summed E-state index contributed by atoms with van der Waals surface area (Å²) in [6.45, 7) is 0. The lowest BCUT2D eigenvalue weighted by Gasteiger charge is -2.17. The number of ether oxygens (including phenoxy) is 1. The first-order chi connectivity index (χ1) is 14.5. The van der Waals surface area contributed by atoms with Crippen LogP contribution in [0.5, 0.6) is 0 Å². The molecule has 0 bridgehead atoms. The van der Waals surface area contributed by atoms with Crippen molar-refractivity contribution in [2.24, 2.45) is 0 Å². The van der Waals surface area contributed by atoms with E-state index in [0.29, 0.717) is 11.1 Å². The number of fused-ring (bicyclic) bond motifs is 1. The number of hydrogen-bond donors (Lipinski definition) is 0. The summed E-state index contributed by atoms with van der Waals surface area (Å²) in [5.74, 6) is -2.02. The first kappa shape index (κ1) is 19.3. The highest BCUT2D eigenvalue weighted by Gasteiger charge is 2.34. The number of carbonyl (C=O) groups is 4. The zero-order chi connectivity index (χ0) is 21.3. The minimum atomic E-state index is -1.14. The van der Waals surface area contributed by atoms with Gasteiger partial charge in [0.1, 0.15) is 0 Å². The van der Waals surface area contributed by atoms with Gasteiger partial charge in [0.15, 0.2) is 6.10 Å². The molecular formula is C24H17NO5. The number of Topliss-reactive ketones (excluding diaryl/α,β-unsaturated/α-hetero) is 1. The smallest absolute Gasteiger partial charge is 0.339 e. The molecule has 3 aromatic rings. The van der Waals surface area contributed by atoms with E-state index in [1.165, 1.54) is 25.2 Å². The van der Waals surface area contributed by atoms with Gasteiger partial charge in [0, 0.05) is 18.2 Å². The van der Waals surface area contributed by atoms with E-state index in [0.717, 1.165) is 4.90 Å². The lowest BCUT2D eigenvalue weighted by molar-refractivity contribution is 0.0280. The second-order valence-corrected chi connectivity index (χ2v) is 6.86. The van der Waals surface area contributed by atoms with Gasteiger partial charge in [0.25, 0.3) is 11.8 Å². The highest BCUT2D eigenvalue weighted by Crippen LogP contribution is 2.26. The number of rotatable bonds is 5. The first-order valence-corrected chi connectivity index (χ1v) is 9.29. The van der Waals surface area contributed by atoms with E-state index in [9.17, 15) is 19.2 Å². The van der Waals surface area contributed by atoms with Crippen LogP contribution >= 0.6 is 0 Å². The van der Waals surface area contributed by atoms with Gasteiger partial charge in [-0.2, -0.15) is 0 Å². The Morgan fingerprint density at radius 2 is 1.37 bits per heavy atom. The second kappa shape index (κ2) is 7.75. The molecule has 0 spiro atoms. The molecule has 0 aliphatic carbocycles. The molecule has 1 aliphatic heterocycles. The summed E-state index contributed by atoms with van der Waals surface area (Å²) in [5.41, 5.74) is 1.41. The van der Waals surface area contributed by atoms with Crippen molar-refractivity contribution < 1.29 is 23.9 Å². The minimum absolute atomic E-state index is 0.0898. The fraction of sp³-hybridized carbons (Fsp3) is 0.0833. The van der Waals surface area contributed by atoms with Crippen molar-refractivity contribution in [3.05, 3.63) is 107 Å². The fourth-order valence-electron chi connectivity index (χ4n) is 3.32. The van der Waals surface area contributed by atoms with Crippen molar-refractivity contribution in [2.75, 3.05) is 7.05 Å². The molecule has 6 heteroatoms. The molecule has 6 nitrogen and oxygen atoms in total. The molecule has 0 saturated heterocycles. The van der Waals surface area contributed by atoms with Gasteiger partial charge < -0.3 is 4.74 Å². The molecule has 30 heavy (non-hydrogen) atoms. The normalized spacial score (nSPS) is 13.7. The van der Waals surface area contributed by atoms with Crippen LogP contribution in [0, 0.1) is 0 Å². The van der Waals surface area contributed by atoms with Gasteiger partial charge in [-0.3, -0.25) is 19.3 Å². The van der Waals surface area contributed by atoms with Crippen LogP contribution in [0.2, 0.25) is 0 Å². The number of carbonyl (C=O) groups excluding carboxylic acids is 4. The number of esters is 1. The Hall–Kier alpha value is -4.06. The lowest BCUT2D eigenvalue weighted by Crippen LogP contribution is -2.24. The Morgan fingerprint density at radius 3 is 2.03 bits per heavy atom. The van der Waals surface area contributed by atoms with E-state index in [4.69, 9.17) is 4.74 Å². The average Bonchev–Trinajstić information content (AvgIpc) is 3.01. The largest absolute Gasteiger partial charge is 0.445 e. The van der Waals surface area contributed by atoms with Crippen LogP contribution in [0.25, 0.3) is 0 Å². The third-order valence-electron chi connectivity index (χ3n) is 4.95. The molecule has 1 unspecified atom stereocenters. The standard InChI is InChI=1S/C24H17NO5/c1-25-22(27)18-13-12-17(14-19(18)23(25)28)24(29)30-21(16-10-6-3-7-11-16)20(26)15-8-4-2-5-9-15/h2-14,21H,1H3. The number of nitrogens with zero attached hydrogens (tertiary/aromatic N) is 1. The maximum atomic E-state index is 13.1. The molecule has 0 radical (unpaired) electrons. The molecule has 1 heterocycles. The zero-order valence-electron chi connectivity index (χ0n) is 16.1. The van der Waals surface area contributed by atoms with E-state index in [1.54, 1.807) is 60.7 Å². The van der Waals surface area contributed by atoms with E-state index >= 15 is 0 Å². The summed E-state index contributed by atoms with van der Waals surface area (Å²) in [5, 5.41) is 0. The van der Waals surface area contributed by atoms with Crippen molar-refractivity contribution in [2.45, 2.75) is 6.10 Å². The molecule has 148 valence electrons. The van der Waals surface area contributed by atoms with E-state index in [2.05, 4.69) is 0 Å². The topological polar surface area (TPSA) is 80.8 Å². The summed E-state index contributed by atoms with van der Waals surface area (Å²) in [4.78, 5) is 51.2. The molecule has 3 aromatic carbocycles. The van der Waals surface area contributed by atoms with Crippen molar-refractivity contribution in [1.29, 1.82) is 0 Å². The number of imide groups is 1.